The van der Waals surface area contributed by atoms with Crippen LogP contribution in [0, 0.1) is 5.92 Å². The molecule has 64 heavy (non-hydrogen) atoms. The van der Waals surface area contributed by atoms with Crippen LogP contribution in [0.15, 0.2) is 120 Å². The zero-order chi connectivity index (χ0) is 44.2. The number of imidazole rings is 1. The summed E-state index contributed by atoms with van der Waals surface area (Å²) >= 11 is 0. The van der Waals surface area contributed by atoms with E-state index in [-0.39, 0.29) is 47.7 Å². The summed E-state index contributed by atoms with van der Waals surface area (Å²) in [7, 11) is 1.69. The number of aromatic nitrogens is 4. The fourth-order valence-electron chi connectivity index (χ4n) is 9.55. The van der Waals surface area contributed by atoms with Crippen LogP contribution >= 0.6 is 8.53 Å². The maximum Gasteiger partial charge on any atom is 0.280 e. The third kappa shape index (κ3) is 7.19. The van der Waals surface area contributed by atoms with E-state index in [9.17, 15) is 9.59 Å². The highest BCUT2D eigenvalue weighted by Gasteiger charge is 2.69. The molecule has 10 rings (SSSR count). The lowest BCUT2D eigenvalue weighted by atomic mass is 9.79. The topological polar surface area (TPSA) is 161 Å². The van der Waals surface area contributed by atoms with Crippen molar-refractivity contribution in [3.05, 3.63) is 148 Å². The Balaban J connectivity index is 1.09. The Kier molecular flexibility index (Phi) is 11.4. The predicted molar refractivity (Wildman–Crippen MR) is 239 cm³/mol. The number of amides is 1. The Hall–Kier alpha value is -5.51. The van der Waals surface area contributed by atoms with E-state index in [2.05, 4.69) is 44.2 Å². The first kappa shape index (κ1) is 42.4. The van der Waals surface area contributed by atoms with Crippen LogP contribution in [-0.4, -0.2) is 87.4 Å². The number of nitrogens with zero attached hydrogens (tertiary/aromatic N) is 4. The quantitative estimate of drug-likeness (QED) is 0.0814. The van der Waals surface area contributed by atoms with E-state index >= 15 is 0 Å². The van der Waals surface area contributed by atoms with Crippen LogP contribution in [0.25, 0.3) is 11.2 Å². The van der Waals surface area contributed by atoms with Gasteiger partial charge < -0.3 is 32.7 Å². The molecular formula is C48H51N6O9P. The normalized spacial score (nSPS) is 26.4. The summed E-state index contributed by atoms with van der Waals surface area (Å²) in [5.41, 5.74) is 1.05. The molecule has 4 aromatic carbocycles. The van der Waals surface area contributed by atoms with Gasteiger partial charge in [-0.3, -0.25) is 24.5 Å². The van der Waals surface area contributed by atoms with Gasteiger partial charge in [0.25, 0.3) is 14.1 Å². The second-order valence-corrected chi connectivity index (χ2v) is 18.4. The molecular weight excluding hydrogens is 836 g/mol. The van der Waals surface area contributed by atoms with Gasteiger partial charge >= 0.3 is 0 Å². The molecule has 4 saturated heterocycles. The number of rotatable bonds is 14. The largest absolute Gasteiger partial charge is 0.497 e. The van der Waals surface area contributed by atoms with Crippen LogP contribution in [0.3, 0.4) is 0 Å². The minimum atomic E-state index is -1.60. The van der Waals surface area contributed by atoms with E-state index in [0.717, 1.165) is 41.6 Å². The van der Waals surface area contributed by atoms with Crippen molar-refractivity contribution < 1.29 is 37.5 Å². The summed E-state index contributed by atoms with van der Waals surface area (Å²) in [5, 5.41) is 2.73. The van der Waals surface area contributed by atoms with Crippen molar-refractivity contribution in [2.75, 3.05) is 32.7 Å². The lowest BCUT2D eigenvalue weighted by Crippen LogP contribution is -2.52. The highest BCUT2D eigenvalue weighted by atomic mass is 31.2. The Morgan fingerprint density at radius 3 is 2.22 bits per heavy atom. The second kappa shape index (κ2) is 17.1. The highest BCUT2D eigenvalue weighted by Crippen LogP contribution is 2.64. The number of carbonyl (C=O) groups excluding carboxylic acids is 1. The Morgan fingerprint density at radius 2 is 1.58 bits per heavy atom. The highest BCUT2D eigenvalue weighted by molar-refractivity contribution is 7.45. The summed E-state index contributed by atoms with van der Waals surface area (Å²) < 4.78 is 51.4. The van der Waals surface area contributed by atoms with Gasteiger partial charge in [0.1, 0.15) is 41.0 Å². The van der Waals surface area contributed by atoms with Crippen molar-refractivity contribution in [1.82, 2.24) is 24.2 Å². The molecule has 332 valence electrons. The summed E-state index contributed by atoms with van der Waals surface area (Å²) in [4.78, 5) is 38.0. The smallest absolute Gasteiger partial charge is 0.280 e. The van der Waals surface area contributed by atoms with Gasteiger partial charge in [0.05, 0.1) is 33.3 Å². The second-order valence-electron chi connectivity index (χ2n) is 17.0. The first-order chi connectivity index (χ1) is 31.1. The molecule has 0 saturated carbocycles. The molecule has 0 radical (unpaired) electrons. The van der Waals surface area contributed by atoms with Crippen molar-refractivity contribution in [3.63, 3.8) is 0 Å². The minimum absolute atomic E-state index is 0.00251. The van der Waals surface area contributed by atoms with Crippen LogP contribution in [0.1, 0.15) is 68.2 Å². The lowest BCUT2D eigenvalue weighted by molar-refractivity contribution is -0.229. The Morgan fingerprint density at radius 1 is 0.938 bits per heavy atom. The third-order valence-electron chi connectivity index (χ3n) is 13.0. The summed E-state index contributed by atoms with van der Waals surface area (Å²) in [6.07, 6.45) is 0.500. The van der Waals surface area contributed by atoms with Gasteiger partial charge in [-0.25, -0.2) is 9.65 Å². The first-order valence-electron chi connectivity index (χ1n) is 21.7. The predicted octanol–water partition coefficient (Wildman–Crippen LogP) is 7.64. The number of nitrogens with one attached hydrogen (secondary N) is 2. The van der Waals surface area contributed by atoms with Crippen LogP contribution in [0.5, 0.6) is 11.5 Å². The number of aromatic amines is 1. The zero-order valence-electron chi connectivity index (χ0n) is 36.2. The van der Waals surface area contributed by atoms with Gasteiger partial charge in [-0.05, 0) is 66.3 Å². The van der Waals surface area contributed by atoms with Gasteiger partial charge in [-0.15, -0.1) is 0 Å². The van der Waals surface area contributed by atoms with Gasteiger partial charge in [-0.1, -0.05) is 98.8 Å². The Labute approximate surface area is 371 Å². The number of fused-ring (bicyclic) bond motifs is 4. The molecule has 2 bridgehead atoms. The molecule has 0 unspecified atom stereocenters. The summed E-state index contributed by atoms with van der Waals surface area (Å²) in [5.74, 6) is 0.769. The van der Waals surface area contributed by atoms with Gasteiger partial charge in [0.15, 0.2) is 17.4 Å². The molecule has 4 aliphatic rings. The van der Waals surface area contributed by atoms with Crippen molar-refractivity contribution in [2.45, 2.75) is 81.5 Å². The summed E-state index contributed by atoms with van der Waals surface area (Å²) in [6.45, 7) is 6.32. The zero-order valence-corrected chi connectivity index (χ0v) is 37.1. The number of hydrogen-bond acceptors (Lipinski definition) is 12. The van der Waals surface area contributed by atoms with Crippen LogP contribution < -0.4 is 20.3 Å². The molecule has 15 nitrogen and oxygen atoms in total. The fraction of sp³-hybridized carbons (Fsp3) is 0.375. The average Bonchev–Trinajstić information content (AvgIpc) is 4.15. The average molecular weight is 887 g/mol. The van der Waals surface area contributed by atoms with Crippen LogP contribution in [-0.2, 0) is 33.7 Å². The van der Waals surface area contributed by atoms with Crippen molar-refractivity contribution >= 4 is 31.5 Å². The summed E-state index contributed by atoms with van der Waals surface area (Å²) in [6, 6.07) is 36.3. The number of methoxy groups -OCH3 is 2. The maximum absolute atomic E-state index is 13.4. The van der Waals surface area contributed by atoms with Crippen molar-refractivity contribution in [1.29, 1.82) is 0 Å². The lowest BCUT2D eigenvalue weighted by Gasteiger charge is -2.42. The molecule has 2 N–H and O–H groups in total. The molecule has 2 aromatic heterocycles. The van der Waals surface area contributed by atoms with Gasteiger partial charge in [0.2, 0.25) is 11.9 Å². The number of ether oxygens (including phenoxy) is 5. The maximum atomic E-state index is 13.4. The Bertz CT molecular complexity index is 2620. The van der Waals surface area contributed by atoms with Crippen molar-refractivity contribution in [2.24, 2.45) is 5.92 Å². The number of benzene rings is 4. The van der Waals surface area contributed by atoms with E-state index in [1.807, 2.05) is 91.9 Å². The molecule has 8 atom stereocenters. The standard InChI is InChI=1S/C48H51N6O9P/c1-29(2)43(55)51-46-50-42-38(44(56)52-46)49-28-53(42)45-40-41(63-64-54-26-12-17-37(54)39(62-64)31-13-8-6-9-14-31)47(61-45,30(3)60-40)27-59-48(32-15-10-7-11-16-32,33-18-22-35(57-4)23-19-33)34-20-24-36(58-5)25-21-34/h6-11,13-16,18-25,28-30,37,39-41,45H,12,17,26-27H2,1-5H3,(H2,50,51,52,55,56)/t30-,37-,39+,40+,41-,45+,47-,64+/m0/s1. The molecule has 0 spiro atoms. The monoisotopic (exact) mass is 886 g/mol. The van der Waals surface area contributed by atoms with Gasteiger partial charge in [0, 0.05) is 18.5 Å². The minimum Gasteiger partial charge on any atom is -0.497 e. The third-order valence-corrected chi connectivity index (χ3v) is 14.7. The van der Waals surface area contributed by atoms with E-state index in [1.165, 1.54) is 6.33 Å². The van der Waals surface area contributed by atoms with E-state index in [4.69, 9.17) is 37.7 Å². The molecule has 6 aromatic rings. The molecule has 6 heterocycles. The molecule has 1 amide bonds. The van der Waals surface area contributed by atoms with E-state index in [1.54, 1.807) is 32.6 Å². The molecule has 16 heteroatoms. The van der Waals surface area contributed by atoms with E-state index < -0.39 is 49.8 Å². The number of anilines is 1. The molecule has 4 fully saturated rings. The molecule has 0 aliphatic carbocycles. The fourth-order valence-corrected chi connectivity index (χ4v) is 11.6. The van der Waals surface area contributed by atoms with Crippen LogP contribution in [0.2, 0.25) is 0 Å². The molecule has 4 aliphatic heterocycles. The van der Waals surface area contributed by atoms with Gasteiger partial charge in [-0.2, -0.15) is 4.98 Å². The van der Waals surface area contributed by atoms with E-state index in [0.29, 0.717) is 11.5 Å². The first-order valence-corrected chi connectivity index (χ1v) is 22.8. The van der Waals surface area contributed by atoms with Crippen LogP contribution in [0.4, 0.5) is 5.95 Å². The number of carbonyl (C=O) groups is 1. The number of hydrogen-bond donors (Lipinski definition) is 2. The van der Waals surface area contributed by atoms with Crippen molar-refractivity contribution in [3.8, 4) is 11.5 Å². The SMILES string of the molecule is COc1ccc(C(OC[C@]23O[C@@H](n4cnc5c(=O)[nH]c(NC(=O)C(C)C)nc54)[C@H](O[C@H]2C)[C@@H]3O[P@@]2O[C@H](c3ccccc3)[C@@H]3CCCN32)(c2ccccc2)c2ccc(OC)cc2)cc1. The number of H-pyrrole nitrogens is 1.